The average Bonchev–Trinajstić information content (AvgIpc) is 2.74. The van der Waals surface area contributed by atoms with Gasteiger partial charge in [0.15, 0.2) is 0 Å². The van der Waals surface area contributed by atoms with E-state index in [-0.39, 0.29) is 19.1 Å². The Kier molecular flexibility index (Phi) is 8.76. The fourth-order valence-corrected chi connectivity index (χ4v) is 3.42. The van der Waals surface area contributed by atoms with Crippen LogP contribution < -0.4 is 15.5 Å². The van der Waals surface area contributed by atoms with Crippen LogP contribution >= 0.6 is 0 Å². The van der Waals surface area contributed by atoms with Crippen molar-refractivity contribution in [1.29, 1.82) is 0 Å². The van der Waals surface area contributed by atoms with Crippen molar-refractivity contribution in [3.63, 3.8) is 0 Å². The van der Waals surface area contributed by atoms with E-state index in [9.17, 15) is 14.4 Å². The Balaban J connectivity index is 2.19. The molecule has 3 amide bonds. The highest BCUT2D eigenvalue weighted by atomic mass is 16.5. The largest absolute Gasteiger partial charge is 0.465 e. The minimum atomic E-state index is -0.523. The van der Waals surface area contributed by atoms with E-state index in [1.165, 1.54) is 6.42 Å². The molecule has 1 saturated heterocycles. The number of piperidine rings is 1. The number of urea groups is 1. The molecular formula is C21H32N4O4. The molecule has 0 aliphatic carbocycles. The number of nitrogens with one attached hydrogen (secondary N) is 2. The van der Waals surface area contributed by atoms with Crippen LogP contribution in [0.4, 0.5) is 16.2 Å². The summed E-state index contributed by atoms with van der Waals surface area (Å²) in [6, 6.07) is 4.87. The molecule has 160 valence electrons. The lowest BCUT2D eigenvalue weighted by Crippen LogP contribution is -2.36. The number of carbonyl (C=O) groups excluding carboxylic acids is 3. The fourth-order valence-electron chi connectivity index (χ4n) is 3.42. The minimum Gasteiger partial charge on any atom is -0.465 e. The lowest BCUT2D eigenvalue weighted by molar-refractivity contribution is -0.141. The summed E-state index contributed by atoms with van der Waals surface area (Å²) >= 11 is 0. The summed E-state index contributed by atoms with van der Waals surface area (Å²) in [4.78, 5) is 40.6. The van der Waals surface area contributed by atoms with Crippen molar-refractivity contribution < 1.29 is 19.1 Å². The van der Waals surface area contributed by atoms with Crippen molar-refractivity contribution in [3.05, 3.63) is 23.8 Å². The zero-order chi connectivity index (χ0) is 21.2. The van der Waals surface area contributed by atoms with Crippen LogP contribution in [0, 0.1) is 0 Å². The molecule has 0 saturated carbocycles. The van der Waals surface area contributed by atoms with Crippen molar-refractivity contribution in [1.82, 2.24) is 10.2 Å². The Morgan fingerprint density at radius 3 is 2.38 bits per heavy atom. The molecule has 1 aliphatic heterocycles. The summed E-state index contributed by atoms with van der Waals surface area (Å²) < 4.78 is 4.79. The van der Waals surface area contributed by atoms with E-state index in [0.717, 1.165) is 31.6 Å². The number of nitrogens with zero attached hydrogens (tertiary/aromatic N) is 2. The SMILES string of the molecule is CCOC(=O)CNC(=O)Nc1ccc(N2CCCCC2)c(C(=O)N(CC)CC)c1. The number of rotatable bonds is 8. The van der Waals surface area contributed by atoms with Crippen molar-refractivity contribution in [3.8, 4) is 0 Å². The van der Waals surface area contributed by atoms with Crippen LogP contribution in [0.3, 0.4) is 0 Å². The lowest BCUT2D eigenvalue weighted by Gasteiger charge is -2.31. The van der Waals surface area contributed by atoms with Crippen LogP contribution in [0.5, 0.6) is 0 Å². The van der Waals surface area contributed by atoms with Gasteiger partial charge in [-0.1, -0.05) is 0 Å². The first-order valence-electron chi connectivity index (χ1n) is 10.4. The Bertz CT molecular complexity index is 713. The molecule has 1 aromatic carbocycles. The van der Waals surface area contributed by atoms with E-state index < -0.39 is 12.0 Å². The van der Waals surface area contributed by atoms with Crippen LogP contribution in [0.1, 0.15) is 50.4 Å². The lowest BCUT2D eigenvalue weighted by atomic mass is 10.1. The highest BCUT2D eigenvalue weighted by Crippen LogP contribution is 2.28. The van der Waals surface area contributed by atoms with Gasteiger partial charge in [-0.05, 0) is 58.2 Å². The predicted octanol–water partition coefficient (Wildman–Crippen LogP) is 2.84. The van der Waals surface area contributed by atoms with Gasteiger partial charge in [-0.25, -0.2) is 4.79 Å². The Morgan fingerprint density at radius 1 is 1.07 bits per heavy atom. The zero-order valence-corrected chi connectivity index (χ0v) is 17.6. The second kappa shape index (κ2) is 11.3. The van der Waals surface area contributed by atoms with Crippen molar-refractivity contribution >= 4 is 29.3 Å². The van der Waals surface area contributed by atoms with Crippen LogP contribution in [0.15, 0.2) is 18.2 Å². The molecule has 0 atom stereocenters. The maximum absolute atomic E-state index is 13.1. The first-order valence-corrected chi connectivity index (χ1v) is 10.4. The topological polar surface area (TPSA) is 91.0 Å². The first kappa shape index (κ1) is 22.5. The van der Waals surface area contributed by atoms with E-state index in [4.69, 9.17) is 4.74 Å². The molecule has 8 heteroatoms. The summed E-state index contributed by atoms with van der Waals surface area (Å²) in [5, 5.41) is 5.15. The summed E-state index contributed by atoms with van der Waals surface area (Å²) in [7, 11) is 0. The molecule has 1 fully saturated rings. The third-order valence-electron chi connectivity index (χ3n) is 4.93. The van der Waals surface area contributed by atoms with E-state index in [2.05, 4.69) is 15.5 Å². The van der Waals surface area contributed by atoms with Crippen LogP contribution in [-0.4, -0.2) is 62.1 Å². The Morgan fingerprint density at radius 2 is 1.76 bits per heavy atom. The van der Waals surface area contributed by atoms with Gasteiger partial charge in [0.1, 0.15) is 6.54 Å². The number of hydrogen-bond donors (Lipinski definition) is 2. The summed E-state index contributed by atoms with van der Waals surface area (Å²) in [6.45, 7) is 8.74. The average molecular weight is 405 g/mol. The summed E-state index contributed by atoms with van der Waals surface area (Å²) in [5.74, 6) is -0.549. The molecule has 8 nitrogen and oxygen atoms in total. The van der Waals surface area contributed by atoms with E-state index in [1.807, 2.05) is 19.9 Å². The van der Waals surface area contributed by atoms with Gasteiger partial charge in [-0.15, -0.1) is 0 Å². The molecule has 0 aromatic heterocycles. The number of esters is 1. The van der Waals surface area contributed by atoms with Gasteiger partial charge in [0.05, 0.1) is 12.2 Å². The van der Waals surface area contributed by atoms with Crippen LogP contribution in [0.25, 0.3) is 0 Å². The van der Waals surface area contributed by atoms with E-state index in [1.54, 1.807) is 24.0 Å². The highest BCUT2D eigenvalue weighted by Gasteiger charge is 2.22. The van der Waals surface area contributed by atoms with Gasteiger partial charge < -0.3 is 25.2 Å². The molecule has 29 heavy (non-hydrogen) atoms. The Hall–Kier alpha value is -2.77. The van der Waals surface area contributed by atoms with Gasteiger partial charge in [-0.3, -0.25) is 9.59 Å². The minimum absolute atomic E-state index is 0.0499. The number of benzene rings is 1. The number of anilines is 2. The molecule has 2 rings (SSSR count). The molecular weight excluding hydrogens is 372 g/mol. The number of carbonyl (C=O) groups is 3. The van der Waals surface area contributed by atoms with Crippen molar-refractivity contribution in [2.75, 3.05) is 49.5 Å². The smallest absolute Gasteiger partial charge is 0.325 e. The summed E-state index contributed by atoms with van der Waals surface area (Å²) in [6.07, 6.45) is 3.42. The quantitative estimate of drug-likeness (QED) is 0.650. The molecule has 1 aliphatic rings. The van der Waals surface area contributed by atoms with E-state index >= 15 is 0 Å². The second-order valence-corrected chi connectivity index (χ2v) is 6.87. The molecule has 0 bridgehead atoms. The first-order chi connectivity index (χ1) is 14.0. The molecule has 0 unspecified atom stereocenters. The molecule has 2 N–H and O–H groups in total. The maximum Gasteiger partial charge on any atom is 0.325 e. The zero-order valence-electron chi connectivity index (χ0n) is 17.6. The Labute approximate surface area is 172 Å². The van der Waals surface area contributed by atoms with Gasteiger partial charge in [0.25, 0.3) is 5.91 Å². The second-order valence-electron chi connectivity index (χ2n) is 6.87. The third-order valence-corrected chi connectivity index (χ3v) is 4.93. The normalized spacial score (nSPS) is 13.6. The van der Waals surface area contributed by atoms with Crippen molar-refractivity contribution in [2.45, 2.75) is 40.0 Å². The molecule has 0 spiro atoms. The monoisotopic (exact) mass is 404 g/mol. The van der Waals surface area contributed by atoms with Crippen LogP contribution in [0.2, 0.25) is 0 Å². The predicted molar refractivity (Wildman–Crippen MR) is 113 cm³/mol. The summed E-state index contributed by atoms with van der Waals surface area (Å²) in [5.41, 5.74) is 1.99. The highest BCUT2D eigenvalue weighted by molar-refractivity contribution is 6.02. The van der Waals surface area contributed by atoms with Gasteiger partial charge in [0.2, 0.25) is 0 Å². The van der Waals surface area contributed by atoms with Gasteiger partial charge in [-0.2, -0.15) is 0 Å². The maximum atomic E-state index is 13.1. The molecule has 1 heterocycles. The van der Waals surface area contributed by atoms with Crippen molar-refractivity contribution in [2.24, 2.45) is 0 Å². The number of amides is 3. The van der Waals surface area contributed by atoms with Gasteiger partial charge >= 0.3 is 12.0 Å². The van der Waals surface area contributed by atoms with E-state index in [0.29, 0.717) is 24.3 Å². The van der Waals surface area contributed by atoms with Crippen LogP contribution in [-0.2, 0) is 9.53 Å². The number of hydrogen-bond acceptors (Lipinski definition) is 5. The van der Waals surface area contributed by atoms with Gasteiger partial charge in [0, 0.05) is 37.6 Å². The third kappa shape index (κ3) is 6.37. The molecule has 0 radical (unpaired) electrons. The fraction of sp³-hybridized carbons (Fsp3) is 0.571. The number of ether oxygens (including phenoxy) is 1. The standard InChI is InChI=1S/C21H32N4O4/c1-4-24(5-2)20(27)17-14-16(23-21(28)22-15-19(26)29-6-3)10-11-18(17)25-12-8-7-9-13-25/h10-11,14H,4-9,12-13,15H2,1-3H3,(H2,22,23,28). The molecule has 1 aromatic rings.